The maximum Gasteiger partial charge on any atom is 0.244 e. The van der Waals surface area contributed by atoms with E-state index in [0.717, 1.165) is 10.6 Å². The quantitative estimate of drug-likeness (QED) is 0.500. The molecule has 2 aromatic rings. The largest absolute Gasteiger partial charge is 0.354 e. The SMILES string of the molecule is CC(C)CNC(=O)[C@H](C)N(Cc1ccc(F)cc1)C(=O)CN(c1ccc(Cl)cc1Cl)S(C)(=O)=O. The van der Waals surface area contributed by atoms with E-state index in [1.807, 2.05) is 13.8 Å². The average molecular weight is 532 g/mol. The van der Waals surface area contributed by atoms with Gasteiger partial charge >= 0.3 is 0 Å². The Bertz CT molecular complexity index is 1130. The van der Waals surface area contributed by atoms with Crippen molar-refractivity contribution < 1.29 is 22.4 Å². The fourth-order valence-corrected chi connectivity index (χ4v) is 4.52. The molecular formula is C23H28Cl2FN3O4S. The van der Waals surface area contributed by atoms with Gasteiger partial charge in [-0.1, -0.05) is 49.2 Å². The van der Waals surface area contributed by atoms with E-state index in [9.17, 15) is 22.4 Å². The van der Waals surface area contributed by atoms with Crippen LogP contribution in [0, 0.1) is 11.7 Å². The molecule has 11 heteroatoms. The highest BCUT2D eigenvalue weighted by Gasteiger charge is 2.30. The van der Waals surface area contributed by atoms with Crippen molar-refractivity contribution in [2.24, 2.45) is 5.92 Å². The highest BCUT2D eigenvalue weighted by Crippen LogP contribution is 2.30. The lowest BCUT2D eigenvalue weighted by Crippen LogP contribution is -2.51. The lowest BCUT2D eigenvalue weighted by atomic mass is 10.1. The van der Waals surface area contributed by atoms with E-state index in [4.69, 9.17) is 23.2 Å². The first-order valence-corrected chi connectivity index (χ1v) is 13.1. The average Bonchev–Trinajstić information content (AvgIpc) is 2.74. The number of nitrogens with one attached hydrogen (secondary N) is 1. The summed E-state index contributed by atoms with van der Waals surface area (Å²) >= 11 is 12.1. The molecule has 2 rings (SSSR count). The molecule has 0 unspecified atom stereocenters. The Morgan fingerprint density at radius 2 is 1.68 bits per heavy atom. The van der Waals surface area contributed by atoms with E-state index >= 15 is 0 Å². The Hall–Kier alpha value is -2.36. The lowest BCUT2D eigenvalue weighted by molar-refractivity contribution is -0.139. The van der Waals surface area contributed by atoms with Crippen molar-refractivity contribution in [3.05, 3.63) is 63.9 Å². The number of amides is 2. The minimum atomic E-state index is -3.92. The first kappa shape index (κ1) is 27.9. The van der Waals surface area contributed by atoms with Gasteiger partial charge in [-0.3, -0.25) is 13.9 Å². The molecular weight excluding hydrogens is 504 g/mol. The number of anilines is 1. The van der Waals surface area contributed by atoms with Crippen LogP contribution in [0.4, 0.5) is 10.1 Å². The molecule has 2 aromatic carbocycles. The van der Waals surface area contributed by atoms with Crippen LogP contribution in [0.15, 0.2) is 42.5 Å². The third-order valence-electron chi connectivity index (χ3n) is 4.98. The number of sulfonamides is 1. The van der Waals surface area contributed by atoms with Crippen molar-refractivity contribution in [2.75, 3.05) is 23.7 Å². The Morgan fingerprint density at radius 3 is 2.21 bits per heavy atom. The standard InChI is InChI=1S/C23H28Cl2FN3O4S/c1-15(2)12-27-23(31)16(3)28(13-17-5-8-19(26)9-6-17)22(30)14-29(34(4,32)33)21-10-7-18(24)11-20(21)25/h5-11,15-16H,12-14H2,1-4H3,(H,27,31)/t16-/m0/s1. The highest BCUT2D eigenvalue weighted by atomic mass is 35.5. The Labute approximate surface area is 209 Å². The van der Waals surface area contributed by atoms with Gasteiger partial charge in [-0.25, -0.2) is 12.8 Å². The number of nitrogens with zero attached hydrogens (tertiary/aromatic N) is 2. The molecule has 0 heterocycles. The van der Waals surface area contributed by atoms with Crippen LogP contribution in [-0.2, 0) is 26.2 Å². The molecule has 0 saturated heterocycles. The maximum atomic E-state index is 13.4. The molecule has 0 radical (unpaired) electrons. The minimum absolute atomic E-state index is 0.0265. The van der Waals surface area contributed by atoms with Crippen LogP contribution in [0.2, 0.25) is 10.0 Å². The number of hydrogen-bond donors (Lipinski definition) is 1. The van der Waals surface area contributed by atoms with E-state index in [-0.39, 0.29) is 29.1 Å². The first-order valence-electron chi connectivity index (χ1n) is 10.5. The summed E-state index contributed by atoms with van der Waals surface area (Å²) in [5.74, 6) is -1.26. The number of carbonyl (C=O) groups is 2. The second-order valence-corrected chi connectivity index (χ2v) is 11.1. The summed E-state index contributed by atoms with van der Waals surface area (Å²) in [5.41, 5.74) is 0.661. The van der Waals surface area contributed by atoms with Crippen LogP contribution < -0.4 is 9.62 Å². The van der Waals surface area contributed by atoms with E-state index in [0.29, 0.717) is 17.1 Å². The van der Waals surface area contributed by atoms with Gasteiger partial charge in [0.15, 0.2) is 0 Å². The number of halogens is 3. The molecule has 186 valence electrons. The summed E-state index contributed by atoms with van der Waals surface area (Å²) in [7, 11) is -3.92. The van der Waals surface area contributed by atoms with Gasteiger partial charge < -0.3 is 10.2 Å². The molecule has 0 aliphatic heterocycles. The second-order valence-electron chi connectivity index (χ2n) is 8.33. The molecule has 0 spiro atoms. The van der Waals surface area contributed by atoms with Crippen LogP contribution in [-0.4, -0.2) is 50.5 Å². The number of rotatable bonds is 10. The molecule has 2 amide bonds. The zero-order valence-electron chi connectivity index (χ0n) is 19.4. The van der Waals surface area contributed by atoms with Crippen LogP contribution >= 0.6 is 23.2 Å². The van der Waals surface area contributed by atoms with Crippen molar-refractivity contribution in [3.63, 3.8) is 0 Å². The molecule has 0 saturated carbocycles. The van der Waals surface area contributed by atoms with Gasteiger partial charge in [0, 0.05) is 18.1 Å². The van der Waals surface area contributed by atoms with Crippen molar-refractivity contribution in [1.82, 2.24) is 10.2 Å². The van der Waals surface area contributed by atoms with Gasteiger partial charge in [-0.2, -0.15) is 0 Å². The van der Waals surface area contributed by atoms with Crippen molar-refractivity contribution in [2.45, 2.75) is 33.4 Å². The summed E-state index contributed by atoms with van der Waals surface area (Å²) < 4.78 is 39.3. The number of benzene rings is 2. The van der Waals surface area contributed by atoms with Crippen LogP contribution in [0.5, 0.6) is 0 Å². The molecule has 34 heavy (non-hydrogen) atoms. The fraction of sp³-hybridized carbons (Fsp3) is 0.391. The third-order valence-corrected chi connectivity index (χ3v) is 6.64. The molecule has 0 bridgehead atoms. The summed E-state index contributed by atoms with van der Waals surface area (Å²) in [5, 5.41) is 3.14. The van der Waals surface area contributed by atoms with Gasteiger partial charge in [0.1, 0.15) is 18.4 Å². The van der Waals surface area contributed by atoms with Crippen LogP contribution in [0.3, 0.4) is 0 Å². The van der Waals surface area contributed by atoms with Crippen LogP contribution in [0.1, 0.15) is 26.3 Å². The Balaban J connectivity index is 2.39. The molecule has 0 aromatic heterocycles. The second kappa shape index (κ2) is 11.9. The van der Waals surface area contributed by atoms with Crippen molar-refractivity contribution in [1.29, 1.82) is 0 Å². The zero-order chi connectivity index (χ0) is 25.6. The van der Waals surface area contributed by atoms with E-state index in [1.165, 1.54) is 47.4 Å². The van der Waals surface area contributed by atoms with Gasteiger partial charge in [-0.05, 0) is 48.7 Å². The van der Waals surface area contributed by atoms with Gasteiger partial charge in [-0.15, -0.1) is 0 Å². The summed E-state index contributed by atoms with van der Waals surface area (Å²) in [6, 6.07) is 8.82. The van der Waals surface area contributed by atoms with Gasteiger partial charge in [0.25, 0.3) is 0 Å². The smallest absolute Gasteiger partial charge is 0.244 e. The topological polar surface area (TPSA) is 86.8 Å². The number of carbonyl (C=O) groups excluding carboxylic acids is 2. The number of hydrogen-bond acceptors (Lipinski definition) is 4. The monoisotopic (exact) mass is 531 g/mol. The molecule has 0 fully saturated rings. The van der Waals surface area contributed by atoms with E-state index in [1.54, 1.807) is 6.92 Å². The molecule has 1 N–H and O–H groups in total. The van der Waals surface area contributed by atoms with E-state index in [2.05, 4.69) is 5.32 Å². The summed E-state index contributed by atoms with van der Waals surface area (Å²) in [4.78, 5) is 27.4. The predicted octanol–water partition coefficient (Wildman–Crippen LogP) is 4.09. The van der Waals surface area contributed by atoms with E-state index < -0.39 is 34.3 Å². The van der Waals surface area contributed by atoms with Crippen molar-refractivity contribution in [3.8, 4) is 0 Å². The van der Waals surface area contributed by atoms with Gasteiger partial charge in [0.05, 0.1) is 17.0 Å². The molecule has 1 atom stereocenters. The Kier molecular flexibility index (Phi) is 9.73. The molecule has 0 aliphatic rings. The van der Waals surface area contributed by atoms with Crippen LogP contribution in [0.25, 0.3) is 0 Å². The Morgan fingerprint density at radius 1 is 1.06 bits per heavy atom. The summed E-state index contributed by atoms with van der Waals surface area (Å²) in [6.45, 7) is 5.22. The van der Waals surface area contributed by atoms with Crippen molar-refractivity contribution >= 4 is 50.7 Å². The minimum Gasteiger partial charge on any atom is -0.354 e. The van der Waals surface area contributed by atoms with Gasteiger partial charge in [0.2, 0.25) is 21.8 Å². The predicted molar refractivity (Wildman–Crippen MR) is 133 cm³/mol. The fourth-order valence-electron chi connectivity index (χ4n) is 3.10. The normalized spacial score (nSPS) is 12.4. The third kappa shape index (κ3) is 7.85. The maximum absolute atomic E-state index is 13.4. The lowest BCUT2D eigenvalue weighted by Gasteiger charge is -2.31. The molecule has 7 nitrogen and oxygen atoms in total. The highest BCUT2D eigenvalue weighted by molar-refractivity contribution is 7.92. The summed E-state index contributed by atoms with van der Waals surface area (Å²) in [6.07, 6.45) is 0.953. The zero-order valence-corrected chi connectivity index (χ0v) is 21.7. The molecule has 0 aliphatic carbocycles. The first-order chi connectivity index (χ1) is 15.8.